The predicted molar refractivity (Wildman–Crippen MR) is 80.8 cm³/mol. The average molecular weight is 289 g/mol. The Balaban J connectivity index is 2.66. The summed E-state index contributed by atoms with van der Waals surface area (Å²) >= 11 is 12.2. The first kappa shape index (κ1) is 15.8. The Morgan fingerprint density at radius 2 is 2.00 bits per heavy atom. The smallest absolute Gasteiger partial charge is 0.0439 e. The molecular weight excluding hydrogens is 267 g/mol. The van der Waals surface area contributed by atoms with E-state index in [9.17, 15) is 0 Å². The van der Waals surface area contributed by atoms with Crippen molar-refractivity contribution in [3.05, 3.63) is 33.8 Å². The van der Waals surface area contributed by atoms with E-state index < -0.39 is 0 Å². The number of nitrogens with zero attached hydrogens (tertiary/aromatic N) is 1. The van der Waals surface area contributed by atoms with Crippen LogP contribution in [0.3, 0.4) is 0 Å². The van der Waals surface area contributed by atoms with E-state index in [4.69, 9.17) is 23.2 Å². The Labute approximate surface area is 120 Å². The van der Waals surface area contributed by atoms with Crippen molar-refractivity contribution in [1.82, 2.24) is 10.2 Å². The second kappa shape index (κ2) is 8.00. The molecule has 1 aromatic rings. The summed E-state index contributed by atoms with van der Waals surface area (Å²) in [4.78, 5) is 2.20. The second-order valence-electron chi connectivity index (χ2n) is 4.79. The fourth-order valence-electron chi connectivity index (χ4n) is 1.94. The maximum absolute atomic E-state index is 6.21. The SMILES string of the molecule is CCNC(CCN(C)C)Cc1cc(Cl)ccc1Cl. The molecule has 0 heterocycles. The predicted octanol–water partition coefficient (Wildman–Crippen LogP) is 3.47. The van der Waals surface area contributed by atoms with Crippen LogP contribution in [-0.4, -0.2) is 38.1 Å². The third-order valence-electron chi connectivity index (χ3n) is 2.89. The molecule has 0 radical (unpaired) electrons. The molecule has 0 aliphatic heterocycles. The van der Waals surface area contributed by atoms with Crippen molar-refractivity contribution in [2.45, 2.75) is 25.8 Å². The van der Waals surface area contributed by atoms with E-state index in [2.05, 4.69) is 31.2 Å². The standard InChI is InChI=1S/C14H22Cl2N2/c1-4-17-13(7-8-18(2)3)10-11-9-12(15)5-6-14(11)16/h5-6,9,13,17H,4,7-8,10H2,1-3H3. The molecule has 1 atom stereocenters. The van der Waals surface area contributed by atoms with Crippen molar-refractivity contribution >= 4 is 23.2 Å². The van der Waals surface area contributed by atoms with Crippen LogP contribution in [0.4, 0.5) is 0 Å². The molecule has 0 amide bonds. The van der Waals surface area contributed by atoms with Gasteiger partial charge in [-0.1, -0.05) is 30.1 Å². The topological polar surface area (TPSA) is 15.3 Å². The summed E-state index contributed by atoms with van der Waals surface area (Å²) in [6, 6.07) is 6.10. The Kier molecular flexibility index (Phi) is 7.02. The van der Waals surface area contributed by atoms with Gasteiger partial charge in [0.15, 0.2) is 0 Å². The van der Waals surface area contributed by atoms with Crippen molar-refractivity contribution in [2.75, 3.05) is 27.2 Å². The van der Waals surface area contributed by atoms with Crippen molar-refractivity contribution in [2.24, 2.45) is 0 Å². The van der Waals surface area contributed by atoms with E-state index in [0.29, 0.717) is 6.04 Å². The van der Waals surface area contributed by atoms with Gasteiger partial charge in [0.05, 0.1) is 0 Å². The van der Waals surface area contributed by atoms with Gasteiger partial charge in [0.2, 0.25) is 0 Å². The molecule has 0 spiro atoms. The highest BCUT2D eigenvalue weighted by Gasteiger charge is 2.11. The van der Waals surface area contributed by atoms with Crippen molar-refractivity contribution < 1.29 is 0 Å². The summed E-state index contributed by atoms with van der Waals surface area (Å²) in [5.74, 6) is 0. The molecule has 0 aromatic heterocycles. The number of rotatable bonds is 7. The van der Waals surface area contributed by atoms with Crippen LogP contribution in [0.1, 0.15) is 18.9 Å². The minimum atomic E-state index is 0.438. The van der Waals surface area contributed by atoms with Crippen LogP contribution in [0.5, 0.6) is 0 Å². The molecular formula is C14H22Cl2N2. The van der Waals surface area contributed by atoms with Crippen LogP contribution in [0, 0.1) is 0 Å². The van der Waals surface area contributed by atoms with Gasteiger partial charge in [0.25, 0.3) is 0 Å². The van der Waals surface area contributed by atoms with Gasteiger partial charge >= 0.3 is 0 Å². The van der Waals surface area contributed by atoms with Gasteiger partial charge in [0.1, 0.15) is 0 Å². The van der Waals surface area contributed by atoms with Crippen molar-refractivity contribution in [1.29, 1.82) is 0 Å². The lowest BCUT2D eigenvalue weighted by Gasteiger charge is -2.20. The van der Waals surface area contributed by atoms with Gasteiger partial charge in [0, 0.05) is 16.1 Å². The molecule has 102 valence electrons. The lowest BCUT2D eigenvalue weighted by Crippen LogP contribution is -2.34. The van der Waals surface area contributed by atoms with Crippen LogP contribution in [0.2, 0.25) is 10.0 Å². The molecule has 2 nitrogen and oxygen atoms in total. The van der Waals surface area contributed by atoms with Crippen molar-refractivity contribution in [3.63, 3.8) is 0 Å². The van der Waals surface area contributed by atoms with E-state index in [1.165, 1.54) is 0 Å². The first-order chi connectivity index (χ1) is 8.52. The molecule has 0 saturated carbocycles. The summed E-state index contributed by atoms with van der Waals surface area (Å²) < 4.78 is 0. The zero-order valence-electron chi connectivity index (χ0n) is 11.3. The second-order valence-corrected chi connectivity index (χ2v) is 5.63. The van der Waals surface area contributed by atoms with E-state index in [-0.39, 0.29) is 0 Å². The van der Waals surface area contributed by atoms with Gasteiger partial charge in [-0.15, -0.1) is 0 Å². The molecule has 0 fully saturated rings. The maximum atomic E-state index is 6.21. The highest BCUT2D eigenvalue weighted by Crippen LogP contribution is 2.22. The zero-order chi connectivity index (χ0) is 13.5. The normalized spacial score (nSPS) is 13.0. The number of benzene rings is 1. The van der Waals surface area contributed by atoms with E-state index in [0.717, 1.165) is 41.5 Å². The Morgan fingerprint density at radius 1 is 1.28 bits per heavy atom. The fourth-order valence-corrected chi connectivity index (χ4v) is 2.33. The van der Waals surface area contributed by atoms with E-state index >= 15 is 0 Å². The van der Waals surface area contributed by atoms with E-state index in [1.54, 1.807) is 0 Å². The Bertz CT molecular complexity index is 367. The van der Waals surface area contributed by atoms with Crippen LogP contribution < -0.4 is 5.32 Å². The lowest BCUT2D eigenvalue weighted by atomic mass is 10.0. The average Bonchev–Trinajstić information content (AvgIpc) is 2.31. The van der Waals surface area contributed by atoms with E-state index in [1.807, 2.05) is 18.2 Å². The van der Waals surface area contributed by atoms with Crippen molar-refractivity contribution in [3.8, 4) is 0 Å². The number of likely N-dealkylation sites (N-methyl/N-ethyl adjacent to an activating group) is 1. The lowest BCUT2D eigenvalue weighted by molar-refractivity contribution is 0.358. The summed E-state index contributed by atoms with van der Waals surface area (Å²) in [7, 11) is 4.19. The van der Waals surface area contributed by atoms with Crippen LogP contribution in [0.15, 0.2) is 18.2 Å². The summed E-state index contributed by atoms with van der Waals surface area (Å²) in [5.41, 5.74) is 1.12. The maximum Gasteiger partial charge on any atom is 0.0439 e. The third-order valence-corrected chi connectivity index (χ3v) is 3.50. The molecule has 1 aromatic carbocycles. The number of nitrogens with one attached hydrogen (secondary N) is 1. The summed E-state index contributed by atoms with van der Waals surface area (Å²) in [6.45, 7) is 4.16. The molecule has 1 rings (SSSR count). The molecule has 0 bridgehead atoms. The number of hydrogen-bond acceptors (Lipinski definition) is 2. The number of hydrogen-bond donors (Lipinski definition) is 1. The van der Waals surface area contributed by atoms with Gasteiger partial charge in [-0.05, 0) is 63.8 Å². The van der Waals surface area contributed by atoms with Crippen LogP contribution in [-0.2, 0) is 6.42 Å². The first-order valence-corrected chi connectivity index (χ1v) is 7.10. The quantitative estimate of drug-likeness (QED) is 0.827. The minimum absolute atomic E-state index is 0.438. The zero-order valence-corrected chi connectivity index (χ0v) is 12.9. The van der Waals surface area contributed by atoms with Gasteiger partial charge in [-0.2, -0.15) is 0 Å². The molecule has 0 aliphatic carbocycles. The molecule has 18 heavy (non-hydrogen) atoms. The Hall–Kier alpha value is -0.280. The monoisotopic (exact) mass is 288 g/mol. The van der Waals surface area contributed by atoms with Gasteiger partial charge in [-0.25, -0.2) is 0 Å². The largest absolute Gasteiger partial charge is 0.314 e. The molecule has 4 heteroatoms. The van der Waals surface area contributed by atoms with Gasteiger partial charge < -0.3 is 10.2 Å². The number of halogens is 2. The minimum Gasteiger partial charge on any atom is -0.314 e. The third kappa shape index (κ3) is 5.57. The Morgan fingerprint density at radius 3 is 2.61 bits per heavy atom. The van der Waals surface area contributed by atoms with Gasteiger partial charge in [-0.3, -0.25) is 0 Å². The fraction of sp³-hybridized carbons (Fsp3) is 0.571. The molecule has 1 N–H and O–H groups in total. The highest BCUT2D eigenvalue weighted by molar-refractivity contribution is 6.33. The van der Waals surface area contributed by atoms with Crippen LogP contribution >= 0.6 is 23.2 Å². The molecule has 1 unspecified atom stereocenters. The summed E-state index contributed by atoms with van der Waals surface area (Å²) in [5, 5.41) is 5.05. The first-order valence-electron chi connectivity index (χ1n) is 6.35. The molecule has 0 aliphatic rings. The molecule has 0 saturated heterocycles. The highest BCUT2D eigenvalue weighted by atomic mass is 35.5. The summed E-state index contributed by atoms with van der Waals surface area (Å²) in [6.07, 6.45) is 2.02. The van der Waals surface area contributed by atoms with Crippen LogP contribution in [0.25, 0.3) is 0 Å².